The van der Waals surface area contributed by atoms with Crippen molar-refractivity contribution < 1.29 is 29.9 Å². The normalized spacial score (nSPS) is 11.9. The van der Waals surface area contributed by atoms with E-state index in [1.165, 1.54) is 18.2 Å². The van der Waals surface area contributed by atoms with Gasteiger partial charge in [0.05, 0.1) is 12.4 Å². The van der Waals surface area contributed by atoms with E-state index in [1.54, 1.807) is 0 Å². The van der Waals surface area contributed by atoms with Gasteiger partial charge in [0.2, 0.25) is 5.91 Å². The third-order valence-electron chi connectivity index (χ3n) is 4.38. The molecule has 0 fully saturated rings. The SMILES string of the molecule is CN(C)Cc1ccc(CC(=O)N[C@@H](Cc2cccc(C(=O)O)c2O)B(O)O)cc1. The van der Waals surface area contributed by atoms with Gasteiger partial charge in [-0.05, 0) is 43.3 Å². The highest BCUT2D eigenvalue weighted by molar-refractivity contribution is 6.43. The van der Waals surface area contributed by atoms with Crippen LogP contribution in [0, 0.1) is 0 Å². The summed E-state index contributed by atoms with van der Waals surface area (Å²) < 4.78 is 0. The van der Waals surface area contributed by atoms with E-state index >= 15 is 0 Å². The van der Waals surface area contributed by atoms with Crippen molar-refractivity contribution in [3.05, 3.63) is 64.7 Å². The molecule has 154 valence electrons. The van der Waals surface area contributed by atoms with Gasteiger partial charge in [0, 0.05) is 6.54 Å². The molecule has 0 saturated carbocycles. The molecule has 1 amide bonds. The molecule has 0 spiro atoms. The maximum atomic E-state index is 12.3. The monoisotopic (exact) mass is 400 g/mol. The van der Waals surface area contributed by atoms with E-state index in [0.29, 0.717) is 0 Å². The molecule has 2 rings (SSSR count). The summed E-state index contributed by atoms with van der Waals surface area (Å²) in [6.07, 6.45) is -0.0925. The van der Waals surface area contributed by atoms with E-state index in [0.717, 1.165) is 17.7 Å². The van der Waals surface area contributed by atoms with Crippen molar-refractivity contribution in [2.24, 2.45) is 0 Å². The Bertz CT molecular complexity index is 855. The van der Waals surface area contributed by atoms with Crippen LogP contribution in [-0.2, 0) is 24.2 Å². The van der Waals surface area contributed by atoms with Gasteiger partial charge in [-0.3, -0.25) is 4.79 Å². The highest BCUT2D eigenvalue weighted by Crippen LogP contribution is 2.24. The number of nitrogens with one attached hydrogen (secondary N) is 1. The van der Waals surface area contributed by atoms with Gasteiger partial charge in [-0.1, -0.05) is 36.4 Å². The van der Waals surface area contributed by atoms with E-state index in [2.05, 4.69) is 5.32 Å². The first-order chi connectivity index (χ1) is 13.7. The Morgan fingerprint density at radius 2 is 1.69 bits per heavy atom. The highest BCUT2D eigenvalue weighted by atomic mass is 16.4. The minimum Gasteiger partial charge on any atom is -0.507 e. The van der Waals surface area contributed by atoms with Gasteiger partial charge in [-0.25, -0.2) is 4.79 Å². The summed E-state index contributed by atoms with van der Waals surface area (Å²) in [5.41, 5.74) is 1.78. The van der Waals surface area contributed by atoms with E-state index in [4.69, 9.17) is 5.11 Å². The first-order valence-corrected chi connectivity index (χ1v) is 9.09. The summed E-state index contributed by atoms with van der Waals surface area (Å²) >= 11 is 0. The average Bonchev–Trinajstić information content (AvgIpc) is 2.63. The second-order valence-electron chi connectivity index (χ2n) is 7.14. The predicted octanol–water partition coefficient (Wildman–Crippen LogP) is 0.434. The van der Waals surface area contributed by atoms with E-state index in [9.17, 15) is 24.7 Å². The topological polar surface area (TPSA) is 130 Å². The first kappa shape index (κ1) is 22.4. The molecule has 8 nitrogen and oxygen atoms in total. The van der Waals surface area contributed by atoms with Gasteiger partial charge < -0.3 is 30.5 Å². The van der Waals surface area contributed by atoms with Crippen LogP contribution in [0.3, 0.4) is 0 Å². The van der Waals surface area contributed by atoms with Crippen LogP contribution in [0.4, 0.5) is 0 Å². The first-order valence-electron chi connectivity index (χ1n) is 9.09. The van der Waals surface area contributed by atoms with Crippen LogP contribution in [-0.4, -0.2) is 64.2 Å². The maximum absolute atomic E-state index is 12.3. The Morgan fingerprint density at radius 1 is 1.07 bits per heavy atom. The number of carboxylic acid groups (broad SMARTS) is 1. The number of carbonyl (C=O) groups excluding carboxylic acids is 1. The third-order valence-corrected chi connectivity index (χ3v) is 4.38. The number of aromatic carboxylic acids is 1. The van der Waals surface area contributed by atoms with Gasteiger partial charge in [-0.15, -0.1) is 0 Å². The molecule has 0 aliphatic carbocycles. The number of benzene rings is 2. The van der Waals surface area contributed by atoms with E-state index in [-0.39, 0.29) is 24.0 Å². The quantitative estimate of drug-likeness (QED) is 0.386. The lowest BCUT2D eigenvalue weighted by Gasteiger charge is -2.19. The lowest BCUT2D eigenvalue weighted by atomic mass is 9.75. The number of nitrogens with zero attached hydrogens (tertiary/aromatic N) is 1. The molecule has 2 aromatic carbocycles. The molecular weight excluding hydrogens is 375 g/mol. The Labute approximate surface area is 169 Å². The third kappa shape index (κ3) is 6.60. The molecule has 0 aliphatic heterocycles. The Hall–Kier alpha value is -2.88. The van der Waals surface area contributed by atoms with Crippen molar-refractivity contribution >= 4 is 19.0 Å². The zero-order valence-corrected chi connectivity index (χ0v) is 16.4. The van der Waals surface area contributed by atoms with Gasteiger partial charge in [0.15, 0.2) is 0 Å². The fourth-order valence-corrected chi connectivity index (χ4v) is 2.97. The van der Waals surface area contributed by atoms with E-state index in [1.807, 2.05) is 43.3 Å². The second kappa shape index (κ2) is 10.1. The molecule has 0 unspecified atom stereocenters. The zero-order chi connectivity index (χ0) is 21.6. The summed E-state index contributed by atoms with van der Waals surface area (Å²) in [6, 6.07) is 11.7. The van der Waals surface area contributed by atoms with Crippen LogP contribution >= 0.6 is 0 Å². The number of amides is 1. The van der Waals surface area contributed by atoms with Crippen molar-refractivity contribution in [3.63, 3.8) is 0 Å². The Balaban J connectivity index is 2.04. The summed E-state index contributed by atoms with van der Waals surface area (Å²) in [7, 11) is 2.05. The summed E-state index contributed by atoms with van der Waals surface area (Å²) in [5.74, 6) is -3.29. The number of para-hydroxylation sites is 1. The van der Waals surface area contributed by atoms with Crippen molar-refractivity contribution in [1.29, 1.82) is 0 Å². The lowest BCUT2D eigenvalue weighted by molar-refractivity contribution is -0.120. The summed E-state index contributed by atoms with van der Waals surface area (Å²) in [5, 5.41) is 40.9. The molecule has 9 heteroatoms. The lowest BCUT2D eigenvalue weighted by Crippen LogP contribution is -2.48. The summed E-state index contributed by atoms with van der Waals surface area (Å²) in [4.78, 5) is 25.5. The molecule has 29 heavy (non-hydrogen) atoms. The molecule has 0 radical (unpaired) electrons. The molecule has 0 aliphatic rings. The number of hydrogen-bond donors (Lipinski definition) is 5. The minimum atomic E-state index is -1.88. The molecule has 0 saturated heterocycles. The largest absolute Gasteiger partial charge is 0.507 e. The van der Waals surface area contributed by atoms with Gasteiger partial charge >= 0.3 is 13.1 Å². The number of aromatic hydroxyl groups is 1. The van der Waals surface area contributed by atoms with Crippen LogP contribution in [0.2, 0.25) is 0 Å². The zero-order valence-electron chi connectivity index (χ0n) is 16.4. The van der Waals surface area contributed by atoms with Crippen molar-refractivity contribution in [3.8, 4) is 5.75 Å². The molecule has 2 aromatic rings. The van der Waals surface area contributed by atoms with Crippen LogP contribution < -0.4 is 5.32 Å². The Morgan fingerprint density at radius 3 is 2.24 bits per heavy atom. The minimum absolute atomic E-state index is 0.0482. The number of hydrogen-bond acceptors (Lipinski definition) is 6. The molecule has 1 atom stereocenters. The van der Waals surface area contributed by atoms with Crippen molar-refractivity contribution in [2.75, 3.05) is 14.1 Å². The van der Waals surface area contributed by atoms with Gasteiger partial charge in [-0.2, -0.15) is 0 Å². The molecule has 0 heterocycles. The number of phenols is 1. The fraction of sp³-hybridized carbons (Fsp3) is 0.300. The number of rotatable bonds is 9. The molecule has 0 aromatic heterocycles. The second-order valence-corrected chi connectivity index (χ2v) is 7.14. The molecular formula is C20H25BN2O6. The van der Waals surface area contributed by atoms with Crippen LogP contribution in [0.1, 0.15) is 27.0 Å². The van der Waals surface area contributed by atoms with Crippen molar-refractivity contribution in [2.45, 2.75) is 25.3 Å². The standard InChI is InChI=1S/C20H25BN2O6/c1-23(2)12-14-8-6-13(7-9-14)10-18(24)22-17(21(28)29)11-15-4-3-5-16(19(15)25)20(26)27/h3-9,17,25,28-29H,10-12H2,1-2H3,(H,22,24)(H,26,27)/t17-/m0/s1. The predicted molar refractivity (Wildman–Crippen MR) is 108 cm³/mol. The average molecular weight is 400 g/mol. The van der Waals surface area contributed by atoms with Crippen molar-refractivity contribution in [1.82, 2.24) is 10.2 Å². The summed E-state index contributed by atoms with van der Waals surface area (Å²) in [6.45, 7) is 0.782. The molecule has 5 N–H and O–H groups in total. The van der Waals surface area contributed by atoms with Crippen LogP contribution in [0.15, 0.2) is 42.5 Å². The van der Waals surface area contributed by atoms with Crippen LogP contribution in [0.5, 0.6) is 5.75 Å². The smallest absolute Gasteiger partial charge is 0.475 e. The van der Waals surface area contributed by atoms with E-state index < -0.39 is 30.7 Å². The van der Waals surface area contributed by atoms with Gasteiger partial charge in [0.1, 0.15) is 11.3 Å². The highest BCUT2D eigenvalue weighted by Gasteiger charge is 2.27. The fourth-order valence-electron chi connectivity index (χ4n) is 2.97. The number of carbonyl (C=O) groups is 2. The maximum Gasteiger partial charge on any atom is 0.475 e. The van der Waals surface area contributed by atoms with Gasteiger partial charge in [0.25, 0.3) is 0 Å². The number of carboxylic acids is 1. The Kier molecular flexibility index (Phi) is 7.78. The van der Waals surface area contributed by atoms with Crippen LogP contribution in [0.25, 0.3) is 0 Å². The molecule has 0 bridgehead atoms.